The van der Waals surface area contributed by atoms with Crippen molar-refractivity contribution in [1.82, 2.24) is 5.32 Å². The number of piperazine rings is 1. The summed E-state index contributed by atoms with van der Waals surface area (Å²) in [4.78, 5) is 16.6. The van der Waals surface area contributed by atoms with Crippen molar-refractivity contribution in [2.75, 3.05) is 44.2 Å². The van der Waals surface area contributed by atoms with Crippen molar-refractivity contribution in [3.8, 4) is 5.75 Å². The van der Waals surface area contributed by atoms with Gasteiger partial charge in [0.25, 0.3) is 5.91 Å². The Balaban J connectivity index is 1.38. The summed E-state index contributed by atoms with van der Waals surface area (Å²) >= 11 is 0. The van der Waals surface area contributed by atoms with Crippen LogP contribution in [0.4, 0.5) is 5.69 Å². The number of amides is 1. The molecule has 0 radical (unpaired) electrons. The first kappa shape index (κ1) is 21.0. The lowest BCUT2D eigenvalue weighted by atomic mass is 10.1. The van der Waals surface area contributed by atoms with Crippen LogP contribution in [0.2, 0.25) is 0 Å². The van der Waals surface area contributed by atoms with Gasteiger partial charge < -0.3 is 24.3 Å². The zero-order valence-electron chi connectivity index (χ0n) is 17.9. The van der Waals surface area contributed by atoms with Gasteiger partial charge in [0.05, 0.1) is 45.6 Å². The molecule has 6 heteroatoms. The number of anilines is 1. The fourth-order valence-electron chi connectivity index (χ4n) is 4.14. The highest BCUT2D eigenvalue weighted by Gasteiger charge is 2.31. The zero-order chi connectivity index (χ0) is 21.5. The predicted molar refractivity (Wildman–Crippen MR) is 121 cm³/mol. The predicted octanol–water partition coefficient (Wildman–Crippen LogP) is 2.55. The number of rotatable bonds is 8. The molecule has 4 rings (SSSR count). The number of nitrogens with zero attached hydrogens (tertiary/aromatic N) is 1. The van der Waals surface area contributed by atoms with Crippen LogP contribution in [0.1, 0.15) is 29.1 Å². The topological polar surface area (TPSA) is 59.1 Å². The summed E-state index contributed by atoms with van der Waals surface area (Å²) in [6.45, 7) is 7.00. The van der Waals surface area contributed by atoms with Gasteiger partial charge in [-0.25, -0.2) is 0 Å². The van der Waals surface area contributed by atoms with E-state index in [1.807, 2.05) is 37.3 Å². The summed E-state index contributed by atoms with van der Waals surface area (Å²) in [6.07, 6.45) is 1.70. The molecular weight excluding hydrogens is 390 g/mol. The molecule has 0 spiro atoms. The van der Waals surface area contributed by atoms with E-state index in [4.69, 9.17) is 9.15 Å². The monoisotopic (exact) mass is 420 g/mol. The van der Waals surface area contributed by atoms with Crippen LogP contribution < -0.4 is 19.9 Å². The number of nitrogens with one attached hydrogen (secondary N) is 2. The minimum Gasteiger partial charge on any atom is -0.494 e. The Morgan fingerprint density at radius 2 is 1.81 bits per heavy atom. The molecule has 1 aromatic heterocycles. The minimum atomic E-state index is -0.0815. The number of ether oxygens (including phenoxy) is 1. The van der Waals surface area contributed by atoms with E-state index >= 15 is 0 Å². The molecule has 1 atom stereocenters. The van der Waals surface area contributed by atoms with Crippen LogP contribution in [0.5, 0.6) is 5.75 Å². The third-order valence-electron chi connectivity index (χ3n) is 5.80. The van der Waals surface area contributed by atoms with E-state index in [0.717, 1.165) is 37.7 Å². The summed E-state index contributed by atoms with van der Waals surface area (Å²) in [5.74, 6) is 1.60. The second-order valence-electron chi connectivity index (χ2n) is 7.72. The lowest BCUT2D eigenvalue weighted by molar-refractivity contribution is -0.932. The van der Waals surface area contributed by atoms with Gasteiger partial charge in [-0.05, 0) is 55.5 Å². The molecular formula is C25H30N3O3+. The van der Waals surface area contributed by atoms with Crippen molar-refractivity contribution in [3.05, 3.63) is 84.3 Å². The van der Waals surface area contributed by atoms with Gasteiger partial charge in [-0.2, -0.15) is 0 Å². The number of benzene rings is 2. The van der Waals surface area contributed by atoms with Gasteiger partial charge in [0.1, 0.15) is 5.75 Å². The second-order valence-corrected chi connectivity index (χ2v) is 7.72. The SMILES string of the molecule is CCOc1ccc(C(=O)NC[C@H](c2ccco2)[NH+]2CCN(c3ccccc3)CC2)cc1. The smallest absolute Gasteiger partial charge is 0.251 e. The van der Waals surface area contributed by atoms with E-state index in [1.165, 1.54) is 10.6 Å². The van der Waals surface area contributed by atoms with E-state index in [-0.39, 0.29) is 11.9 Å². The number of hydrogen-bond donors (Lipinski definition) is 2. The van der Waals surface area contributed by atoms with Gasteiger partial charge in [-0.1, -0.05) is 18.2 Å². The number of hydrogen-bond acceptors (Lipinski definition) is 4. The largest absolute Gasteiger partial charge is 0.494 e. The molecule has 0 saturated carbocycles. The molecule has 1 aliphatic rings. The Morgan fingerprint density at radius 3 is 2.45 bits per heavy atom. The number of quaternary nitrogens is 1. The Morgan fingerprint density at radius 1 is 1.06 bits per heavy atom. The van der Waals surface area contributed by atoms with E-state index in [2.05, 4.69) is 34.5 Å². The summed E-state index contributed by atoms with van der Waals surface area (Å²) in [5, 5.41) is 3.10. The number of carbonyl (C=O) groups is 1. The molecule has 2 aromatic carbocycles. The van der Waals surface area contributed by atoms with E-state index in [1.54, 1.807) is 18.4 Å². The molecule has 6 nitrogen and oxygen atoms in total. The molecule has 0 aliphatic carbocycles. The van der Waals surface area contributed by atoms with Crippen molar-refractivity contribution < 1.29 is 18.8 Å². The maximum absolute atomic E-state index is 12.7. The summed E-state index contributed by atoms with van der Waals surface area (Å²) < 4.78 is 11.2. The standard InChI is InChI=1S/C25H29N3O3/c1-2-30-22-12-10-20(11-13-22)25(29)26-19-23(24-9-6-18-31-24)28-16-14-27(15-17-28)21-7-4-3-5-8-21/h3-13,18,23H,2,14-17,19H2,1H3,(H,26,29)/p+1/t23-/m1/s1. The van der Waals surface area contributed by atoms with Gasteiger partial charge in [0.15, 0.2) is 11.8 Å². The van der Waals surface area contributed by atoms with E-state index in [0.29, 0.717) is 18.7 Å². The summed E-state index contributed by atoms with van der Waals surface area (Å²) in [6, 6.07) is 21.8. The summed E-state index contributed by atoms with van der Waals surface area (Å²) in [5.41, 5.74) is 1.89. The van der Waals surface area contributed by atoms with Crippen LogP contribution in [-0.2, 0) is 0 Å². The Bertz CT molecular complexity index is 934. The average molecular weight is 421 g/mol. The van der Waals surface area contributed by atoms with Crippen molar-refractivity contribution >= 4 is 11.6 Å². The van der Waals surface area contributed by atoms with Gasteiger partial charge in [0, 0.05) is 11.3 Å². The molecule has 1 fully saturated rings. The lowest BCUT2D eigenvalue weighted by Crippen LogP contribution is -3.15. The maximum atomic E-state index is 12.7. The molecule has 1 amide bonds. The fourth-order valence-corrected chi connectivity index (χ4v) is 4.14. The first-order valence-corrected chi connectivity index (χ1v) is 10.9. The van der Waals surface area contributed by atoms with Crippen LogP contribution in [0.3, 0.4) is 0 Å². The Kier molecular flexibility index (Phi) is 6.89. The van der Waals surface area contributed by atoms with Crippen LogP contribution in [0.25, 0.3) is 0 Å². The first-order chi connectivity index (χ1) is 15.2. The number of furan rings is 1. The van der Waals surface area contributed by atoms with E-state index in [9.17, 15) is 4.79 Å². The van der Waals surface area contributed by atoms with Gasteiger partial charge in [-0.15, -0.1) is 0 Å². The molecule has 3 aromatic rings. The molecule has 1 saturated heterocycles. The molecule has 1 aliphatic heterocycles. The van der Waals surface area contributed by atoms with E-state index < -0.39 is 0 Å². The first-order valence-electron chi connectivity index (χ1n) is 10.9. The number of para-hydroxylation sites is 1. The molecule has 0 bridgehead atoms. The third-order valence-corrected chi connectivity index (χ3v) is 5.80. The molecule has 31 heavy (non-hydrogen) atoms. The van der Waals surface area contributed by atoms with Crippen LogP contribution >= 0.6 is 0 Å². The Hall–Kier alpha value is -3.25. The minimum absolute atomic E-state index is 0.0815. The fraction of sp³-hybridized carbons (Fsp3) is 0.320. The van der Waals surface area contributed by atoms with Crippen molar-refractivity contribution in [2.45, 2.75) is 13.0 Å². The zero-order valence-corrected chi connectivity index (χ0v) is 17.9. The molecule has 2 N–H and O–H groups in total. The third kappa shape index (κ3) is 5.27. The van der Waals surface area contributed by atoms with Crippen molar-refractivity contribution in [3.63, 3.8) is 0 Å². The second kappa shape index (κ2) is 10.2. The highest BCUT2D eigenvalue weighted by Crippen LogP contribution is 2.15. The summed E-state index contributed by atoms with van der Waals surface area (Å²) in [7, 11) is 0. The molecule has 2 heterocycles. The number of carbonyl (C=O) groups excluding carboxylic acids is 1. The maximum Gasteiger partial charge on any atom is 0.251 e. The van der Waals surface area contributed by atoms with Gasteiger partial charge in [-0.3, -0.25) is 4.79 Å². The van der Waals surface area contributed by atoms with Crippen LogP contribution in [0.15, 0.2) is 77.4 Å². The quantitative estimate of drug-likeness (QED) is 0.588. The molecule has 162 valence electrons. The van der Waals surface area contributed by atoms with Gasteiger partial charge >= 0.3 is 0 Å². The van der Waals surface area contributed by atoms with Crippen LogP contribution in [0, 0.1) is 0 Å². The van der Waals surface area contributed by atoms with Crippen molar-refractivity contribution in [2.24, 2.45) is 0 Å². The highest BCUT2D eigenvalue weighted by atomic mass is 16.5. The normalized spacial score (nSPS) is 15.5. The van der Waals surface area contributed by atoms with Crippen molar-refractivity contribution in [1.29, 1.82) is 0 Å². The van der Waals surface area contributed by atoms with Gasteiger partial charge in [0.2, 0.25) is 0 Å². The average Bonchev–Trinajstić information content (AvgIpc) is 3.35. The lowest BCUT2D eigenvalue weighted by Gasteiger charge is -2.37. The van der Waals surface area contributed by atoms with Crippen LogP contribution in [-0.4, -0.2) is 45.2 Å². The highest BCUT2D eigenvalue weighted by molar-refractivity contribution is 5.94. The Labute approximate surface area is 183 Å². The molecule has 0 unspecified atom stereocenters.